The summed E-state index contributed by atoms with van der Waals surface area (Å²) in [7, 11) is 2.33. The van der Waals surface area contributed by atoms with Crippen LogP contribution in [0.3, 0.4) is 0 Å². The summed E-state index contributed by atoms with van der Waals surface area (Å²) in [6.07, 6.45) is 0. The van der Waals surface area contributed by atoms with Gasteiger partial charge in [0.25, 0.3) is 0 Å². The molecule has 0 rings (SSSR count). The molecule has 0 aromatic carbocycles. The fourth-order valence-electron chi connectivity index (χ4n) is 0. The standard InChI is InChI=1S/HOP.H2OSi/c2*1-2/h2H;2H2. The van der Waals surface area contributed by atoms with Crippen molar-refractivity contribution in [3.8, 4) is 0 Å². The molecular formula is H3O2PSi. The largest absolute Gasteiger partial charge is 0.396 e. The van der Waals surface area contributed by atoms with E-state index in [4.69, 9.17) is 9.03 Å². The van der Waals surface area contributed by atoms with E-state index in [0.717, 1.165) is 0 Å². The van der Waals surface area contributed by atoms with Gasteiger partial charge in [0, 0.05) is 0 Å². The minimum absolute atomic E-state index is 0.611. The Labute approximate surface area is 29.3 Å². The van der Waals surface area contributed by atoms with Crippen LogP contribution in [0.2, 0.25) is 0 Å². The van der Waals surface area contributed by atoms with Gasteiger partial charge < -0.3 is 4.46 Å². The van der Waals surface area contributed by atoms with Crippen molar-refractivity contribution in [2.45, 2.75) is 0 Å². The Morgan fingerprint density at radius 2 is 1.25 bits per heavy atom. The topological polar surface area (TPSA) is 34.1 Å². The lowest BCUT2D eigenvalue weighted by Crippen LogP contribution is -0.969. The Balaban J connectivity index is 0. The molecule has 2 nitrogen and oxygen atoms in total. The van der Waals surface area contributed by atoms with Crippen molar-refractivity contribution in [1.82, 2.24) is 0 Å². The molecule has 0 heterocycles. The van der Waals surface area contributed by atoms with Gasteiger partial charge in [0.1, 0.15) is 9.12 Å². The van der Waals surface area contributed by atoms with Crippen LogP contribution < -0.4 is 0 Å². The van der Waals surface area contributed by atoms with Crippen LogP contribution in [0.15, 0.2) is 0 Å². The van der Waals surface area contributed by atoms with Gasteiger partial charge in [0.15, 0.2) is 0 Å². The zero-order valence-corrected chi connectivity index (χ0v) is 4.44. The highest BCUT2D eigenvalue weighted by atomic mass is 31.0. The molecule has 24 valence electrons. The zero-order chi connectivity index (χ0) is 4.00. The van der Waals surface area contributed by atoms with Crippen molar-refractivity contribution in [3.05, 3.63) is 0 Å². The lowest BCUT2D eigenvalue weighted by Gasteiger charge is -0.852. The van der Waals surface area contributed by atoms with Crippen molar-refractivity contribution in [1.29, 1.82) is 0 Å². The molecule has 0 saturated heterocycles. The average molecular weight is 94.1 g/mol. The van der Waals surface area contributed by atoms with Gasteiger partial charge in [-0.3, -0.25) is 4.57 Å². The van der Waals surface area contributed by atoms with Crippen LogP contribution >= 0.6 is 9.12 Å². The summed E-state index contributed by atoms with van der Waals surface area (Å²) in [5, 5.41) is 0. The van der Waals surface area contributed by atoms with Crippen LogP contribution in [0, 0.1) is 0 Å². The Hall–Kier alpha value is 0.117. The SMILES string of the molecule is O=P.O=[SiH2]. The summed E-state index contributed by atoms with van der Waals surface area (Å²) in [6, 6.07) is 0. The third-order valence-corrected chi connectivity index (χ3v) is 0. The first kappa shape index (κ1) is 8.93. The second-order valence-corrected chi connectivity index (χ2v) is 0. The summed E-state index contributed by atoms with van der Waals surface area (Å²) >= 11 is 0. The maximum atomic E-state index is 8.28. The van der Waals surface area contributed by atoms with Gasteiger partial charge in [0.2, 0.25) is 10.1 Å². The highest BCUT2D eigenvalue weighted by Gasteiger charge is 0.701. The van der Waals surface area contributed by atoms with E-state index < -0.39 is 0 Å². The van der Waals surface area contributed by atoms with Crippen molar-refractivity contribution in [2.75, 3.05) is 0 Å². The Morgan fingerprint density at radius 3 is 1.25 bits per heavy atom. The van der Waals surface area contributed by atoms with Crippen molar-refractivity contribution >= 4 is 19.2 Å². The van der Waals surface area contributed by atoms with Crippen LogP contribution in [-0.4, -0.2) is 10.1 Å². The summed E-state index contributed by atoms with van der Waals surface area (Å²) in [5.41, 5.74) is 0. The third-order valence-electron chi connectivity index (χ3n) is 0. The van der Waals surface area contributed by atoms with Gasteiger partial charge in [-0.2, -0.15) is 0 Å². The summed E-state index contributed by atoms with van der Waals surface area (Å²) in [4.78, 5) is 0. The molecule has 0 bridgehead atoms. The summed E-state index contributed by atoms with van der Waals surface area (Å²) < 4.78 is 16.3. The first-order chi connectivity index (χ1) is 2.00. The maximum absolute atomic E-state index is 8.28. The molecule has 0 amide bonds. The fourth-order valence-corrected chi connectivity index (χ4v) is 0. The molecule has 0 aliphatic carbocycles. The van der Waals surface area contributed by atoms with Crippen molar-refractivity contribution in [3.63, 3.8) is 0 Å². The van der Waals surface area contributed by atoms with Gasteiger partial charge in [-0.25, -0.2) is 0 Å². The normalized spacial score (nSPS) is 2.00. The monoisotopic (exact) mass is 94.0 g/mol. The van der Waals surface area contributed by atoms with Gasteiger partial charge >= 0.3 is 0 Å². The first-order valence-corrected chi connectivity index (χ1v) is 1.48. The van der Waals surface area contributed by atoms with E-state index in [0.29, 0.717) is 10.1 Å². The lowest BCUT2D eigenvalue weighted by atomic mass is 16.0. The maximum Gasteiger partial charge on any atom is 0.245 e. The quantitative estimate of drug-likeness (QED) is 0.298. The van der Waals surface area contributed by atoms with E-state index in [9.17, 15) is 0 Å². The van der Waals surface area contributed by atoms with Crippen LogP contribution in [0.1, 0.15) is 0 Å². The molecule has 0 fully saturated rings. The van der Waals surface area contributed by atoms with E-state index in [1.54, 1.807) is 9.12 Å². The highest BCUT2D eigenvalue weighted by molar-refractivity contribution is 7.00. The zero-order valence-electron chi connectivity index (χ0n) is 2.02. The smallest absolute Gasteiger partial charge is 0.245 e. The summed E-state index contributed by atoms with van der Waals surface area (Å²) in [6.45, 7) is 0. The van der Waals surface area contributed by atoms with Gasteiger partial charge in [0.05, 0.1) is 0 Å². The van der Waals surface area contributed by atoms with E-state index >= 15 is 0 Å². The molecule has 0 radical (unpaired) electrons. The third kappa shape index (κ3) is 193. The highest BCUT2D eigenvalue weighted by Crippen LogP contribution is 1.23. The first-order valence-electron chi connectivity index (χ1n) is 0.493. The predicted octanol–water partition coefficient (Wildman–Crippen LogP) is -0.560. The van der Waals surface area contributed by atoms with Crippen molar-refractivity contribution < 1.29 is 9.03 Å². The molecule has 4 heavy (non-hydrogen) atoms. The molecule has 0 aromatic rings. The summed E-state index contributed by atoms with van der Waals surface area (Å²) in [5.74, 6) is 0. The molecule has 4 heteroatoms. The molecular weight excluding hydrogens is 91.1 g/mol. The molecule has 0 spiro atoms. The Bertz CT molecular complexity index is 8.00. The number of rotatable bonds is 0. The molecule has 0 aliphatic heterocycles. The average Bonchev–Trinajstić information content (AvgIpc) is 1.50. The van der Waals surface area contributed by atoms with Crippen LogP contribution in [0.25, 0.3) is 0 Å². The molecule has 0 N–H and O–H groups in total. The Kier molecular flexibility index (Phi) is 2280. The van der Waals surface area contributed by atoms with E-state index in [1.165, 1.54) is 0 Å². The van der Waals surface area contributed by atoms with E-state index in [-0.39, 0.29) is 0 Å². The predicted molar refractivity (Wildman–Crippen MR) is 18.2 cm³/mol. The van der Waals surface area contributed by atoms with E-state index in [1.807, 2.05) is 0 Å². The lowest BCUT2D eigenvalue weighted by molar-refractivity contribution is 0.590. The second kappa shape index (κ2) is 1020. The van der Waals surface area contributed by atoms with Gasteiger partial charge in [-0.05, 0) is 0 Å². The van der Waals surface area contributed by atoms with Crippen LogP contribution in [0.5, 0.6) is 0 Å². The van der Waals surface area contributed by atoms with E-state index in [2.05, 4.69) is 0 Å². The van der Waals surface area contributed by atoms with Gasteiger partial charge in [-0.15, -0.1) is 0 Å². The fraction of sp³-hybridized carbons (Fsp3) is 0. The second-order valence-electron chi connectivity index (χ2n) is 0. The minimum Gasteiger partial charge on any atom is -0.396 e. The molecule has 0 unspecified atom stereocenters. The number of hydrogen-bond acceptors (Lipinski definition) is 2. The van der Waals surface area contributed by atoms with Crippen LogP contribution in [0.4, 0.5) is 0 Å². The molecule has 0 saturated carbocycles. The Morgan fingerprint density at radius 1 is 1.25 bits per heavy atom. The minimum atomic E-state index is 0.611. The number of hydrogen-bond donors (Lipinski definition) is 0. The molecule has 0 aromatic heterocycles. The van der Waals surface area contributed by atoms with Crippen molar-refractivity contribution in [2.24, 2.45) is 0 Å². The van der Waals surface area contributed by atoms with Gasteiger partial charge in [-0.1, -0.05) is 0 Å². The molecule has 0 atom stereocenters. The van der Waals surface area contributed by atoms with Crippen LogP contribution in [-0.2, 0) is 9.03 Å². The molecule has 0 aliphatic rings.